The van der Waals surface area contributed by atoms with Crippen molar-refractivity contribution < 1.29 is 9.90 Å². The molecule has 16 heavy (non-hydrogen) atoms. The molecule has 0 bridgehead atoms. The van der Waals surface area contributed by atoms with Crippen LogP contribution in [0.2, 0.25) is 0 Å². The second-order valence-corrected chi connectivity index (χ2v) is 4.42. The van der Waals surface area contributed by atoms with E-state index in [-0.39, 0.29) is 6.42 Å². The normalized spacial score (nSPS) is 22.2. The van der Waals surface area contributed by atoms with Crippen molar-refractivity contribution in [1.29, 1.82) is 0 Å². The summed E-state index contributed by atoms with van der Waals surface area (Å²) in [6.45, 7) is 2.10. The minimum absolute atomic E-state index is 0.0558. The number of likely N-dealkylation sites (tertiary alicyclic amines) is 1. The Morgan fingerprint density at radius 3 is 3.19 bits per heavy atom. The van der Waals surface area contributed by atoms with Crippen molar-refractivity contribution in [1.82, 2.24) is 14.5 Å². The van der Waals surface area contributed by atoms with Crippen LogP contribution in [0.1, 0.15) is 24.6 Å². The molecule has 1 fully saturated rings. The fourth-order valence-electron chi connectivity index (χ4n) is 2.32. The molecular weight excluding hydrogens is 206 g/mol. The van der Waals surface area contributed by atoms with Gasteiger partial charge in [0.05, 0.1) is 12.7 Å². The second-order valence-electron chi connectivity index (χ2n) is 4.42. The lowest BCUT2D eigenvalue weighted by atomic mass is 10.1. The Bertz CT molecular complexity index is 375. The summed E-state index contributed by atoms with van der Waals surface area (Å²) >= 11 is 0. The molecule has 1 atom stereocenters. The number of hydrogen-bond donors (Lipinski definition) is 1. The molecule has 0 amide bonds. The zero-order chi connectivity index (χ0) is 11.5. The number of hydrogen-bond acceptors (Lipinski definition) is 3. The van der Waals surface area contributed by atoms with E-state index in [0.29, 0.717) is 6.04 Å². The summed E-state index contributed by atoms with van der Waals surface area (Å²) in [4.78, 5) is 17.0. The first-order valence-corrected chi connectivity index (χ1v) is 5.58. The van der Waals surface area contributed by atoms with Gasteiger partial charge in [-0.2, -0.15) is 0 Å². The Kier molecular flexibility index (Phi) is 3.24. The summed E-state index contributed by atoms with van der Waals surface area (Å²) in [5, 5.41) is 8.81. The number of piperidine rings is 1. The first-order valence-electron chi connectivity index (χ1n) is 5.58. The summed E-state index contributed by atoms with van der Waals surface area (Å²) in [6.07, 6.45) is 5.73. The number of nitrogens with zero attached hydrogens (tertiary/aromatic N) is 3. The van der Waals surface area contributed by atoms with Crippen molar-refractivity contribution in [3.05, 3.63) is 18.2 Å². The standard InChI is InChI=1S/C11H17N3O2/c1-13-4-2-3-9(7-13)14-8-12-6-10(14)5-11(15)16/h6,8-9H,2-5,7H2,1H3,(H,15,16). The Hall–Kier alpha value is -1.36. The van der Waals surface area contributed by atoms with Gasteiger partial charge in [-0.1, -0.05) is 0 Å². The smallest absolute Gasteiger partial charge is 0.309 e. The van der Waals surface area contributed by atoms with Crippen LogP contribution in [-0.2, 0) is 11.2 Å². The van der Waals surface area contributed by atoms with Crippen LogP contribution < -0.4 is 0 Å². The molecule has 0 saturated carbocycles. The molecule has 5 nitrogen and oxygen atoms in total. The predicted octanol–water partition coefficient (Wildman–Crippen LogP) is 0.777. The minimum atomic E-state index is -0.800. The highest BCUT2D eigenvalue weighted by Gasteiger charge is 2.21. The van der Waals surface area contributed by atoms with Gasteiger partial charge in [0.1, 0.15) is 0 Å². The monoisotopic (exact) mass is 223 g/mol. The Morgan fingerprint density at radius 1 is 1.69 bits per heavy atom. The molecule has 0 radical (unpaired) electrons. The molecule has 1 saturated heterocycles. The maximum absolute atomic E-state index is 10.7. The van der Waals surface area contributed by atoms with E-state index in [2.05, 4.69) is 16.9 Å². The van der Waals surface area contributed by atoms with Crippen LogP contribution in [0.3, 0.4) is 0 Å². The van der Waals surface area contributed by atoms with Gasteiger partial charge in [0.15, 0.2) is 0 Å². The molecule has 1 N–H and O–H groups in total. The second kappa shape index (κ2) is 4.65. The largest absolute Gasteiger partial charge is 0.481 e. The predicted molar refractivity (Wildman–Crippen MR) is 59.3 cm³/mol. The number of aromatic nitrogens is 2. The van der Waals surface area contributed by atoms with Crippen molar-refractivity contribution in [2.75, 3.05) is 20.1 Å². The third-order valence-electron chi connectivity index (χ3n) is 3.07. The number of carbonyl (C=O) groups is 1. The van der Waals surface area contributed by atoms with Gasteiger partial charge < -0.3 is 14.6 Å². The Morgan fingerprint density at radius 2 is 2.50 bits per heavy atom. The molecule has 1 aliphatic heterocycles. The molecule has 1 aromatic rings. The van der Waals surface area contributed by atoms with Gasteiger partial charge in [-0.3, -0.25) is 4.79 Å². The summed E-state index contributed by atoms with van der Waals surface area (Å²) in [5.74, 6) is -0.800. The molecule has 1 aromatic heterocycles. The molecule has 88 valence electrons. The number of aliphatic carboxylic acids is 1. The van der Waals surface area contributed by atoms with Gasteiger partial charge in [0.25, 0.3) is 0 Å². The first-order chi connectivity index (χ1) is 7.66. The van der Waals surface area contributed by atoms with Crippen LogP contribution >= 0.6 is 0 Å². The number of rotatable bonds is 3. The minimum Gasteiger partial charge on any atom is -0.481 e. The van der Waals surface area contributed by atoms with Crippen LogP contribution in [0.4, 0.5) is 0 Å². The number of imidazole rings is 1. The lowest BCUT2D eigenvalue weighted by Gasteiger charge is -2.31. The maximum Gasteiger partial charge on any atom is 0.309 e. The van der Waals surface area contributed by atoms with E-state index in [0.717, 1.165) is 31.6 Å². The van der Waals surface area contributed by atoms with E-state index >= 15 is 0 Å². The zero-order valence-electron chi connectivity index (χ0n) is 9.46. The summed E-state index contributed by atoms with van der Waals surface area (Å²) in [5.41, 5.74) is 0.799. The number of likely N-dealkylation sites (N-methyl/N-ethyl adjacent to an activating group) is 1. The highest BCUT2D eigenvalue weighted by atomic mass is 16.4. The fraction of sp³-hybridized carbons (Fsp3) is 0.636. The third kappa shape index (κ3) is 2.41. The van der Waals surface area contributed by atoms with Gasteiger partial charge in [-0.05, 0) is 26.4 Å². The molecule has 2 heterocycles. The van der Waals surface area contributed by atoms with E-state index < -0.39 is 5.97 Å². The highest BCUT2D eigenvalue weighted by molar-refractivity contribution is 5.69. The quantitative estimate of drug-likeness (QED) is 0.822. The first kappa shape index (κ1) is 11.1. The third-order valence-corrected chi connectivity index (χ3v) is 3.07. The molecule has 2 rings (SSSR count). The lowest BCUT2D eigenvalue weighted by molar-refractivity contribution is -0.136. The summed E-state index contributed by atoms with van der Waals surface area (Å²) < 4.78 is 2.02. The number of carboxylic acids is 1. The van der Waals surface area contributed by atoms with Crippen LogP contribution in [0, 0.1) is 0 Å². The SMILES string of the molecule is CN1CCCC(n2cncc2CC(=O)O)C1. The Labute approximate surface area is 94.7 Å². The van der Waals surface area contributed by atoms with Crippen LogP contribution in [0.15, 0.2) is 12.5 Å². The van der Waals surface area contributed by atoms with Crippen LogP contribution in [-0.4, -0.2) is 45.7 Å². The van der Waals surface area contributed by atoms with Crippen molar-refractivity contribution >= 4 is 5.97 Å². The summed E-state index contributed by atoms with van der Waals surface area (Å²) in [7, 11) is 2.10. The van der Waals surface area contributed by atoms with Gasteiger partial charge >= 0.3 is 5.97 Å². The fourth-order valence-corrected chi connectivity index (χ4v) is 2.32. The van der Waals surface area contributed by atoms with Crippen molar-refractivity contribution in [3.8, 4) is 0 Å². The molecule has 1 aliphatic rings. The highest BCUT2D eigenvalue weighted by Crippen LogP contribution is 2.22. The molecule has 0 spiro atoms. The van der Waals surface area contributed by atoms with Crippen molar-refractivity contribution in [2.45, 2.75) is 25.3 Å². The van der Waals surface area contributed by atoms with E-state index in [4.69, 9.17) is 5.11 Å². The van der Waals surface area contributed by atoms with Gasteiger partial charge in [-0.25, -0.2) is 4.98 Å². The van der Waals surface area contributed by atoms with Crippen molar-refractivity contribution in [3.63, 3.8) is 0 Å². The average molecular weight is 223 g/mol. The van der Waals surface area contributed by atoms with Gasteiger partial charge in [0, 0.05) is 24.5 Å². The molecule has 1 unspecified atom stereocenters. The molecule has 5 heteroatoms. The maximum atomic E-state index is 10.7. The van der Waals surface area contributed by atoms with E-state index in [1.807, 2.05) is 4.57 Å². The van der Waals surface area contributed by atoms with E-state index in [1.165, 1.54) is 0 Å². The number of carboxylic acid groups (broad SMARTS) is 1. The Balaban J connectivity index is 2.13. The van der Waals surface area contributed by atoms with E-state index in [1.54, 1.807) is 12.5 Å². The average Bonchev–Trinajstić information content (AvgIpc) is 2.65. The zero-order valence-corrected chi connectivity index (χ0v) is 9.46. The van der Waals surface area contributed by atoms with Crippen molar-refractivity contribution in [2.24, 2.45) is 0 Å². The topological polar surface area (TPSA) is 58.4 Å². The van der Waals surface area contributed by atoms with Gasteiger partial charge in [-0.15, -0.1) is 0 Å². The molecular formula is C11H17N3O2. The van der Waals surface area contributed by atoms with Gasteiger partial charge in [0.2, 0.25) is 0 Å². The lowest BCUT2D eigenvalue weighted by Crippen LogP contribution is -2.34. The van der Waals surface area contributed by atoms with E-state index in [9.17, 15) is 4.79 Å². The van der Waals surface area contributed by atoms with Crippen LogP contribution in [0.5, 0.6) is 0 Å². The molecule has 0 aromatic carbocycles. The van der Waals surface area contributed by atoms with Crippen LogP contribution in [0.25, 0.3) is 0 Å². The summed E-state index contributed by atoms with van der Waals surface area (Å²) in [6, 6.07) is 0.371. The molecule has 0 aliphatic carbocycles.